The first-order valence-corrected chi connectivity index (χ1v) is 9.63. The van der Waals surface area contributed by atoms with Crippen LogP contribution in [0.25, 0.3) is 0 Å². The molecular formula is C15H21N3O4S. The van der Waals surface area contributed by atoms with E-state index in [1.54, 1.807) is 11.8 Å². The Balaban J connectivity index is 1.79. The van der Waals surface area contributed by atoms with Crippen molar-refractivity contribution in [3.63, 3.8) is 0 Å². The second-order valence-corrected chi connectivity index (χ2v) is 8.19. The number of nitrogens with zero attached hydrogens (tertiary/aromatic N) is 2. The molecule has 126 valence electrons. The van der Waals surface area contributed by atoms with Gasteiger partial charge in [-0.1, -0.05) is 0 Å². The summed E-state index contributed by atoms with van der Waals surface area (Å²) in [6.45, 7) is 3.15. The maximum Gasteiger partial charge on any atom is 0.270 e. The molecule has 0 bridgehead atoms. The van der Waals surface area contributed by atoms with E-state index in [1.807, 2.05) is 0 Å². The van der Waals surface area contributed by atoms with Crippen LogP contribution in [0.4, 0.5) is 0 Å². The molecule has 2 aliphatic rings. The van der Waals surface area contributed by atoms with Gasteiger partial charge in [0.25, 0.3) is 5.91 Å². The number of aromatic amines is 1. The average molecular weight is 339 g/mol. The summed E-state index contributed by atoms with van der Waals surface area (Å²) in [6.07, 6.45) is 3.31. The SMILES string of the molecule is Cc1c(C(=O)N2CCN(S(C)(=O)=O)CC2)[nH]c2c1C(=O)CCC2. The van der Waals surface area contributed by atoms with E-state index in [9.17, 15) is 18.0 Å². The number of fused-ring (bicyclic) bond motifs is 1. The van der Waals surface area contributed by atoms with Crippen LogP contribution in [0.1, 0.15) is 44.9 Å². The Morgan fingerprint density at radius 2 is 1.78 bits per heavy atom. The largest absolute Gasteiger partial charge is 0.354 e. The molecule has 1 aromatic heterocycles. The molecule has 0 unspecified atom stereocenters. The number of amides is 1. The molecule has 23 heavy (non-hydrogen) atoms. The number of sulfonamides is 1. The number of piperazine rings is 1. The Morgan fingerprint density at radius 3 is 2.35 bits per heavy atom. The van der Waals surface area contributed by atoms with Crippen LogP contribution in [-0.4, -0.2) is 66.7 Å². The minimum absolute atomic E-state index is 0.0981. The minimum Gasteiger partial charge on any atom is -0.354 e. The average Bonchev–Trinajstić information content (AvgIpc) is 2.84. The Labute approximate surface area is 135 Å². The third kappa shape index (κ3) is 2.92. The number of ketones is 1. The molecule has 0 saturated carbocycles. The summed E-state index contributed by atoms with van der Waals surface area (Å²) in [7, 11) is -3.21. The standard InChI is InChI=1S/C15H21N3O4S/c1-10-13-11(4-3-5-12(13)19)16-14(10)15(20)17-6-8-18(9-7-17)23(2,21)22/h16H,3-9H2,1-2H3. The maximum atomic E-state index is 12.7. The number of aromatic nitrogens is 1. The summed E-state index contributed by atoms with van der Waals surface area (Å²) in [6, 6.07) is 0. The van der Waals surface area contributed by atoms with Gasteiger partial charge in [-0.25, -0.2) is 8.42 Å². The van der Waals surface area contributed by atoms with E-state index in [0.717, 1.165) is 24.1 Å². The molecule has 1 N–H and O–H groups in total. The first kappa shape index (κ1) is 16.2. The molecule has 1 aromatic rings. The molecule has 1 aliphatic heterocycles. The van der Waals surface area contributed by atoms with Gasteiger partial charge in [0, 0.05) is 43.9 Å². The highest BCUT2D eigenvalue weighted by Gasteiger charge is 2.31. The zero-order valence-corrected chi connectivity index (χ0v) is 14.2. The summed E-state index contributed by atoms with van der Waals surface area (Å²) in [5, 5.41) is 0. The van der Waals surface area contributed by atoms with Crippen molar-refractivity contribution in [3.8, 4) is 0 Å². The Bertz CT molecular complexity index is 758. The molecule has 0 spiro atoms. The lowest BCUT2D eigenvalue weighted by molar-refractivity contribution is 0.0692. The van der Waals surface area contributed by atoms with Gasteiger partial charge >= 0.3 is 0 Å². The number of hydrogen-bond acceptors (Lipinski definition) is 4. The van der Waals surface area contributed by atoms with Gasteiger partial charge in [0.15, 0.2) is 5.78 Å². The van der Waals surface area contributed by atoms with Gasteiger partial charge in [-0.2, -0.15) is 4.31 Å². The van der Waals surface area contributed by atoms with Crippen LogP contribution in [0.2, 0.25) is 0 Å². The van der Waals surface area contributed by atoms with Crippen LogP contribution in [0.3, 0.4) is 0 Å². The van der Waals surface area contributed by atoms with Crippen molar-refractivity contribution < 1.29 is 18.0 Å². The highest BCUT2D eigenvalue weighted by Crippen LogP contribution is 2.27. The van der Waals surface area contributed by atoms with Gasteiger partial charge in [-0.05, 0) is 25.3 Å². The number of aryl methyl sites for hydroxylation is 1. The zero-order valence-electron chi connectivity index (χ0n) is 13.4. The molecule has 0 radical (unpaired) electrons. The fourth-order valence-corrected chi connectivity index (χ4v) is 4.20. The highest BCUT2D eigenvalue weighted by molar-refractivity contribution is 7.88. The molecule has 1 fully saturated rings. The Morgan fingerprint density at radius 1 is 1.13 bits per heavy atom. The summed E-state index contributed by atoms with van der Waals surface area (Å²) >= 11 is 0. The normalized spacial score (nSPS) is 19.7. The number of hydrogen-bond donors (Lipinski definition) is 1. The fraction of sp³-hybridized carbons (Fsp3) is 0.600. The van der Waals surface area contributed by atoms with E-state index in [2.05, 4.69) is 4.98 Å². The van der Waals surface area contributed by atoms with E-state index in [-0.39, 0.29) is 11.7 Å². The Kier molecular flexibility index (Phi) is 4.05. The van der Waals surface area contributed by atoms with Gasteiger partial charge in [-0.15, -0.1) is 0 Å². The van der Waals surface area contributed by atoms with Gasteiger partial charge < -0.3 is 9.88 Å². The molecule has 7 nitrogen and oxygen atoms in total. The van der Waals surface area contributed by atoms with Crippen LogP contribution in [-0.2, 0) is 16.4 Å². The van der Waals surface area contributed by atoms with Crippen LogP contribution in [0.5, 0.6) is 0 Å². The number of Topliss-reactive ketones (excluding diaryl/α,β-unsaturated/α-hetero) is 1. The van der Waals surface area contributed by atoms with Crippen molar-refractivity contribution in [2.75, 3.05) is 32.4 Å². The molecule has 1 amide bonds. The van der Waals surface area contributed by atoms with Crippen molar-refractivity contribution in [1.82, 2.24) is 14.2 Å². The predicted octanol–water partition coefficient (Wildman–Crippen LogP) is 0.560. The van der Waals surface area contributed by atoms with E-state index in [0.29, 0.717) is 43.9 Å². The van der Waals surface area contributed by atoms with E-state index < -0.39 is 10.0 Å². The van der Waals surface area contributed by atoms with Gasteiger partial charge in [0.05, 0.1) is 6.26 Å². The number of carbonyl (C=O) groups is 2. The molecule has 2 heterocycles. The predicted molar refractivity (Wildman–Crippen MR) is 85.1 cm³/mol. The molecule has 0 atom stereocenters. The zero-order chi connectivity index (χ0) is 16.8. The lowest BCUT2D eigenvalue weighted by Gasteiger charge is -2.33. The van der Waals surface area contributed by atoms with Gasteiger partial charge in [0.2, 0.25) is 10.0 Å². The number of nitrogens with one attached hydrogen (secondary N) is 1. The first-order chi connectivity index (χ1) is 10.8. The van der Waals surface area contributed by atoms with E-state index in [4.69, 9.17) is 0 Å². The minimum atomic E-state index is -3.21. The van der Waals surface area contributed by atoms with Crippen molar-refractivity contribution in [1.29, 1.82) is 0 Å². The van der Waals surface area contributed by atoms with Crippen molar-refractivity contribution in [3.05, 3.63) is 22.5 Å². The van der Waals surface area contributed by atoms with Crippen molar-refractivity contribution >= 4 is 21.7 Å². The Hall–Kier alpha value is -1.67. The van der Waals surface area contributed by atoms with Crippen LogP contribution >= 0.6 is 0 Å². The number of H-pyrrole nitrogens is 1. The van der Waals surface area contributed by atoms with Crippen LogP contribution < -0.4 is 0 Å². The summed E-state index contributed by atoms with van der Waals surface area (Å²) < 4.78 is 24.5. The first-order valence-electron chi connectivity index (χ1n) is 7.78. The molecule has 1 saturated heterocycles. The third-order valence-electron chi connectivity index (χ3n) is 4.65. The molecule has 1 aliphatic carbocycles. The second-order valence-electron chi connectivity index (χ2n) is 6.21. The summed E-state index contributed by atoms with van der Waals surface area (Å²) in [5.74, 6) is -0.0567. The molecule has 3 rings (SSSR count). The fourth-order valence-electron chi connectivity index (χ4n) is 3.37. The van der Waals surface area contributed by atoms with E-state index in [1.165, 1.54) is 10.6 Å². The third-order valence-corrected chi connectivity index (χ3v) is 5.95. The maximum absolute atomic E-state index is 12.7. The molecular weight excluding hydrogens is 318 g/mol. The highest BCUT2D eigenvalue weighted by atomic mass is 32.2. The van der Waals surface area contributed by atoms with Crippen molar-refractivity contribution in [2.24, 2.45) is 0 Å². The summed E-state index contributed by atoms with van der Waals surface area (Å²) in [4.78, 5) is 29.5. The number of rotatable bonds is 2. The van der Waals surface area contributed by atoms with Gasteiger partial charge in [0.1, 0.15) is 5.69 Å². The monoisotopic (exact) mass is 339 g/mol. The number of carbonyl (C=O) groups excluding carboxylic acids is 2. The van der Waals surface area contributed by atoms with Crippen LogP contribution in [0, 0.1) is 6.92 Å². The molecule has 0 aromatic carbocycles. The lowest BCUT2D eigenvalue weighted by atomic mass is 9.94. The quantitative estimate of drug-likeness (QED) is 0.852. The second kappa shape index (κ2) is 5.76. The van der Waals surface area contributed by atoms with Crippen LogP contribution in [0.15, 0.2) is 0 Å². The van der Waals surface area contributed by atoms with Crippen molar-refractivity contribution in [2.45, 2.75) is 26.2 Å². The van der Waals surface area contributed by atoms with E-state index >= 15 is 0 Å². The lowest BCUT2D eigenvalue weighted by Crippen LogP contribution is -2.50. The topological polar surface area (TPSA) is 90.6 Å². The smallest absolute Gasteiger partial charge is 0.270 e. The van der Waals surface area contributed by atoms with Gasteiger partial charge in [-0.3, -0.25) is 9.59 Å². The summed E-state index contributed by atoms with van der Waals surface area (Å²) in [5.41, 5.74) is 2.73. The molecule has 8 heteroatoms.